The van der Waals surface area contributed by atoms with Crippen molar-refractivity contribution >= 4 is 29.9 Å². The van der Waals surface area contributed by atoms with Gasteiger partial charge in [0.05, 0.1) is 14.2 Å². The maximum atomic E-state index is 5.52. The molecule has 1 N–H and O–H groups in total. The smallest absolute Gasteiger partial charge is 0.193 e. The van der Waals surface area contributed by atoms with Crippen LogP contribution in [0.3, 0.4) is 0 Å². The number of likely N-dealkylation sites (N-methyl/N-ethyl adjacent to an activating group) is 1. The van der Waals surface area contributed by atoms with E-state index in [1.807, 2.05) is 19.2 Å². The van der Waals surface area contributed by atoms with E-state index in [1.54, 1.807) is 14.2 Å². The molecule has 0 amide bonds. The molecule has 1 saturated heterocycles. The maximum Gasteiger partial charge on any atom is 0.193 e. The van der Waals surface area contributed by atoms with Crippen molar-refractivity contribution in [1.82, 2.24) is 20.0 Å². The first-order chi connectivity index (χ1) is 13.5. The molecule has 0 spiro atoms. The van der Waals surface area contributed by atoms with Crippen LogP contribution in [0, 0.1) is 0 Å². The fourth-order valence-corrected chi connectivity index (χ4v) is 3.30. The molecule has 0 unspecified atom stereocenters. The van der Waals surface area contributed by atoms with Crippen molar-refractivity contribution in [3.05, 3.63) is 23.8 Å². The summed E-state index contributed by atoms with van der Waals surface area (Å²) >= 11 is 0. The van der Waals surface area contributed by atoms with Gasteiger partial charge in [-0.1, -0.05) is 0 Å². The van der Waals surface area contributed by atoms with E-state index in [2.05, 4.69) is 52.0 Å². The lowest BCUT2D eigenvalue weighted by Crippen LogP contribution is -2.53. The van der Waals surface area contributed by atoms with Gasteiger partial charge in [0.25, 0.3) is 0 Å². The Labute approximate surface area is 193 Å². The van der Waals surface area contributed by atoms with E-state index in [9.17, 15) is 0 Å². The summed E-state index contributed by atoms with van der Waals surface area (Å²) in [5.74, 6) is 2.77. The molecule has 0 bridgehead atoms. The monoisotopic (exact) mass is 519 g/mol. The number of halogens is 1. The second-order valence-corrected chi connectivity index (χ2v) is 7.49. The maximum absolute atomic E-state index is 5.52. The number of benzene rings is 1. The first-order valence-electron chi connectivity index (χ1n) is 10.1. The van der Waals surface area contributed by atoms with Crippen LogP contribution in [0.4, 0.5) is 0 Å². The highest BCUT2D eigenvalue weighted by Gasteiger charge is 2.21. The molecule has 1 aromatic carbocycles. The van der Waals surface area contributed by atoms with Crippen molar-refractivity contribution < 1.29 is 9.47 Å². The first kappa shape index (κ1) is 25.8. The van der Waals surface area contributed by atoms with Crippen molar-refractivity contribution in [2.75, 3.05) is 67.6 Å². The van der Waals surface area contributed by atoms with E-state index in [0.717, 1.165) is 68.8 Å². The predicted molar refractivity (Wildman–Crippen MR) is 131 cm³/mol. The fraction of sp³-hybridized carbons (Fsp3) is 0.667. The number of piperazine rings is 1. The standard InChI is InChI=1S/C21H37N5O2.HI/c1-17(2)24(4)10-9-23-21(22-3)26-13-11-25(12-14-26)16-18-15-19(27-5)7-8-20(18)28-6;/h7-8,15,17H,9-14,16H2,1-6H3,(H,22,23);1H. The third kappa shape index (κ3) is 7.82. The average Bonchev–Trinajstić information content (AvgIpc) is 2.71. The fourth-order valence-electron chi connectivity index (χ4n) is 3.30. The van der Waals surface area contributed by atoms with Gasteiger partial charge in [-0.05, 0) is 39.1 Å². The van der Waals surface area contributed by atoms with Gasteiger partial charge in [-0.3, -0.25) is 9.89 Å². The molecular weight excluding hydrogens is 481 g/mol. The van der Waals surface area contributed by atoms with Gasteiger partial charge in [-0.15, -0.1) is 24.0 Å². The Morgan fingerprint density at radius 2 is 1.86 bits per heavy atom. The van der Waals surface area contributed by atoms with Crippen LogP contribution in [0.25, 0.3) is 0 Å². The number of rotatable bonds is 8. The van der Waals surface area contributed by atoms with Crippen molar-refractivity contribution in [3.63, 3.8) is 0 Å². The van der Waals surface area contributed by atoms with Crippen LogP contribution in [-0.2, 0) is 6.54 Å². The van der Waals surface area contributed by atoms with Crippen molar-refractivity contribution in [2.24, 2.45) is 4.99 Å². The molecule has 1 aromatic rings. The third-order valence-electron chi connectivity index (χ3n) is 5.39. The summed E-state index contributed by atoms with van der Waals surface area (Å²) in [5, 5.41) is 3.50. The molecule has 1 aliphatic rings. The highest BCUT2D eigenvalue weighted by atomic mass is 127. The Morgan fingerprint density at radius 1 is 1.17 bits per heavy atom. The van der Waals surface area contributed by atoms with E-state index < -0.39 is 0 Å². The lowest BCUT2D eigenvalue weighted by Gasteiger charge is -2.37. The van der Waals surface area contributed by atoms with Crippen LogP contribution in [0.5, 0.6) is 11.5 Å². The van der Waals surface area contributed by atoms with Crippen molar-refractivity contribution in [1.29, 1.82) is 0 Å². The number of ether oxygens (including phenoxy) is 2. The predicted octanol–water partition coefficient (Wildman–Crippen LogP) is 2.36. The van der Waals surface area contributed by atoms with Crippen LogP contribution in [0.2, 0.25) is 0 Å². The summed E-state index contributed by atoms with van der Waals surface area (Å²) in [4.78, 5) is 11.6. The van der Waals surface area contributed by atoms with Gasteiger partial charge in [-0.2, -0.15) is 0 Å². The topological polar surface area (TPSA) is 52.6 Å². The zero-order chi connectivity index (χ0) is 20.5. The molecule has 0 radical (unpaired) electrons. The van der Waals surface area contributed by atoms with E-state index in [0.29, 0.717) is 6.04 Å². The Hall–Kier alpha value is -1.26. The third-order valence-corrected chi connectivity index (χ3v) is 5.39. The quantitative estimate of drug-likeness (QED) is 0.324. The summed E-state index contributed by atoms with van der Waals surface area (Å²) in [6, 6.07) is 6.54. The van der Waals surface area contributed by atoms with Crippen molar-refractivity contribution in [2.45, 2.75) is 26.4 Å². The molecule has 1 heterocycles. The molecule has 0 atom stereocenters. The van der Waals surface area contributed by atoms with Crippen LogP contribution in [-0.4, -0.2) is 94.3 Å². The molecule has 8 heteroatoms. The zero-order valence-corrected chi connectivity index (χ0v) is 21.1. The minimum atomic E-state index is 0. The highest BCUT2D eigenvalue weighted by molar-refractivity contribution is 14.0. The molecule has 0 aliphatic carbocycles. The second kappa shape index (κ2) is 13.1. The van der Waals surface area contributed by atoms with Crippen molar-refractivity contribution in [3.8, 4) is 11.5 Å². The second-order valence-electron chi connectivity index (χ2n) is 7.49. The molecule has 29 heavy (non-hydrogen) atoms. The van der Waals surface area contributed by atoms with Gasteiger partial charge in [0.2, 0.25) is 0 Å². The number of methoxy groups -OCH3 is 2. The average molecular weight is 519 g/mol. The normalized spacial score (nSPS) is 15.4. The number of nitrogens with zero attached hydrogens (tertiary/aromatic N) is 4. The van der Waals surface area contributed by atoms with E-state index in [1.165, 1.54) is 0 Å². The summed E-state index contributed by atoms with van der Waals surface area (Å²) in [6.07, 6.45) is 0. The first-order valence-corrected chi connectivity index (χ1v) is 10.1. The molecule has 1 fully saturated rings. The van der Waals surface area contributed by atoms with Crippen LogP contribution in [0.1, 0.15) is 19.4 Å². The minimum Gasteiger partial charge on any atom is -0.497 e. The van der Waals surface area contributed by atoms with Gasteiger partial charge in [0.15, 0.2) is 5.96 Å². The molecule has 0 saturated carbocycles. The molecule has 0 aromatic heterocycles. The van der Waals surface area contributed by atoms with Gasteiger partial charge < -0.3 is 24.6 Å². The van der Waals surface area contributed by atoms with E-state index in [4.69, 9.17) is 9.47 Å². The number of guanidine groups is 1. The minimum absolute atomic E-state index is 0. The lowest BCUT2D eigenvalue weighted by molar-refractivity contribution is 0.170. The number of aliphatic imine (C=N–C) groups is 1. The van der Waals surface area contributed by atoms with Crippen LogP contribution < -0.4 is 14.8 Å². The Bertz CT molecular complexity index is 633. The van der Waals surface area contributed by atoms with Crippen LogP contribution >= 0.6 is 24.0 Å². The lowest BCUT2D eigenvalue weighted by atomic mass is 10.1. The molecular formula is C21H38IN5O2. The highest BCUT2D eigenvalue weighted by Crippen LogP contribution is 2.25. The zero-order valence-electron chi connectivity index (χ0n) is 18.8. The molecule has 1 aliphatic heterocycles. The number of nitrogens with one attached hydrogen (secondary N) is 1. The van der Waals surface area contributed by atoms with Gasteiger partial charge in [-0.25, -0.2) is 0 Å². The van der Waals surface area contributed by atoms with Crippen LogP contribution in [0.15, 0.2) is 23.2 Å². The van der Waals surface area contributed by atoms with Gasteiger partial charge in [0.1, 0.15) is 11.5 Å². The Morgan fingerprint density at radius 3 is 2.41 bits per heavy atom. The molecule has 7 nitrogen and oxygen atoms in total. The Balaban J connectivity index is 0.00000420. The SMILES string of the molecule is CN=C(NCCN(C)C(C)C)N1CCN(Cc2cc(OC)ccc2OC)CC1.I. The van der Waals surface area contributed by atoms with Gasteiger partial charge >= 0.3 is 0 Å². The number of hydrogen-bond donors (Lipinski definition) is 1. The summed E-state index contributed by atoms with van der Waals surface area (Å²) in [5.41, 5.74) is 1.16. The summed E-state index contributed by atoms with van der Waals surface area (Å²) in [7, 11) is 7.43. The van der Waals surface area contributed by atoms with Gasteiger partial charge in [0, 0.05) is 64.5 Å². The summed E-state index contributed by atoms with van der Waals surface area (Å²) < 4.78 is 10.9. The molecule has 166 valence electrons. The van der Waals surface area contributed by atoms with E-state index in [-0.39, 0.29) is 24.0 Å². The van der Waals surface area contributed by atoms with E-state index >= 15 is 0 Å². The number of hydrogen-bond acceptors (Lipinski definition) is 5. The Kier molecular flexibility index (Phi) is 11.7. The largest absolute Gasteiger partial charge is 0.497 e. The summed E-state index contributed by atoms with van der Waals surface area (Å²) in [6.45, 7) is 11.1. The molecule has 2 rings (SSSR count).